The minimum absolute atomic E-state index is 0.110. The third-order valence-corrected chi connectivity index (χ3v) is 5.08. The van der Waals surface area contributed by atoms with Gasteiger partial charge in [-0.15, -0.1) is 0 Å². The summed E-state index contributed by atoms with van der Waals surface area (Å²) in [5.41, 5.74) is 6.91. The summed E-state index contributed by atoms with van der Waals surface area (Å²) in [6.45, 7) is 2.94. The second kappa shape index (κ2) is 10.6. The molecule has 3 amide bonds. The highest BCUT2D eigenvalue weighted by Gasteiger charge is 2.24. The predicted molar refractivity (Wildman–Crippen MR) is 115 cm³/mol. The van der Waals surface area contributed by atoms with Crippen molar-refractivity contribution >= 4 is 23.4 Å². The monoisotopic (exact) mass is 426 g/mol. The van der Waals surface area contributed by atoms with Crippen molar-refractivity contribution < 1.29 is 23.9 Å². The third kappa shape index (κ3) is 6.03. The highest BCUT2D eigenvalue weighted by atomic mass is 16.5. The number of rotatable bonds is 7. The van der Waals surface area contributed by atoms with Crippen LogP contribution < -0.4 is 21.1 Å². The highest BCUT2D eigenvalue weighted by molar-refractivity contribution is 6.39. The van der Waals surface area contributed by atoms with E-state index >= 15 is 0 Å². The number of nitrogens with one attached hydrogen (secondary N) is 2. The lowest BCUT2D eigenvalue weighted by atomic mass is 10.0. The van der Waals surface area contributed by atoms with Gasteiger partial charge in [0.1, 0.15) is 5.75 Å². The fraction of sp³-hybridized carbons (Fsp3) is 0.318. The van der Waals surface area contributed by atoms with Gasteiger partial charge < -0.3 is 25.8 Å². The Morgan fingerprint density at radius 1 is 1.03 bits per heavy atom. The standard InChI is InChI=1S/C22H26N4O5/c1-30-18-8-4-15(5-9-18)19(26-10-12-31-13-11-26)14-24-21(28)22(29)25-17-6-2-16(3-7-17)20(23)27/h2-9,19H,10-14H2,1H3,(H2,23,27)(H,24,28)(H,25,29)/t19-/m0/s1. The first kappa shape index (κ1) is 22.3. The zero-order valence-corrected chi connectivity index (χ0v) is 17.3. The third-order valence-electron chi connectivity index (χ3n) is 5.08. The fourth-order valence-electron chi connectivity index (χ4n) is 3.35. The maximum absolute atomic E-state index is 12.4. The first-order chi connectivity index (χ1) is 15.0. The summed E-state index contributed by atoms with van der Waals surface area (Å²) in [4.78, 5) is 38.0. The zero-order chi connectivity index (χ0) is 22.2. The van der Waals surface area contributed by atoms with Crippen molar-refractivity contribution in [1.82, 2.24) is 10.2 Å². The Labute approximate surface area is 180 Å². The number of nitrogens with two attached hydrogens (primary N) is 1. The summed E-state index contributed by atoms with van der Waals surface area (Å²) in [5.74, 6) is -1.36. The molecular formula is C22H26N4O5. The van der Waals surface area contributed by atoms with Crippen LogP contribution >= 0.6 is 0 Å². The molecule has 1 heterocycles. The Hall–Kier alpha value is -3.43. The molecule has 0 bridgehead atoms. The fourth-order valence-corrected chi connectivity index (χ4v) is 3.35. The van der Waals surface area contributed by atoms with Crippen molar-refractivity contribution in [3.63, 3.8) is 0 Å². The summed E-state index contributed by atoms with van der Waals surface area (Å²) >= 11 is 0. The number of nitrogens with zero attached hydrogens (tertiary/aromatic N) is 1. The van der Waals surface area contributed by atoms with Crippen LogP contribution in [-0.2, 0) is 14.3 Å². The lowest BCUT2D eigenvalue weighted by Crippen LogP contribution is -2.45. The number of primary amides is 1. The number of methoxy groups -OCH3 is 1. The zero-order valence-electron chi connectivity index (χ0n) is 17.3. The molecule has 1 aliphatic heterocycles. The molecule has 2 aromatic rings. The first-order valence-corrected chi connectivity index (χ1v) is 9.92. The highest BCUT2D eigenvalue weighted by Crippen LogP contribution is 2.23. The van der Waals surface area contributed by atoms with Crippen LogP contribution in [0.1, 0.15) is 22.0 Å². The SMILES string of the molecule is COc1ccc([C@H](CNC(=O)C(=O)Nc2ccc(C(N)=O)cc2)N2CCOCC2)cc1. The molecule has 1 fully saturated rings. The van der Waals surface area contributed by atoms with Crippen molar-refractivity contribution in [2.24, 2.45) is 5.73 Å². The molecule has 0 unspecified atom stereocenters. The molecule has 9 nitrogen and oxygen atoms in total. The number of benzene rings is 2. The van der Waals surface area contributed by atoms with Gasteiger partial charge >= 0.3 is 11.8 Å². The van der Waals surface area contributed by atoms with Crippen molar-refractivity contribution in [3.8, 4) is 5.75 Å². The molecule has 164 valence electrons. The summed E-state index contributed by atoms with van der Waals surface area (Å²) in [6, 6.07) is 13.5. The van der Waals surface area contributed by atoms with E-state index in [-0.39, 0.29) is 12.6 Å². The number of hydrogen-bond acceptors (Lipinski definition) is 6. The lowest BCUT2D eigenvalue weighted by molar-refractivity contribution is -0.136. The van der Waals surface area contributed by atoms with Crippen LogP contribution in [0, 0.1) is 0 Å². The molecule has 0 radical (unpaired) electrons. The van der Waals surface area contributed by atoms with Gasteiger partial charge in [0.25, 0.3) is 0 Å². The van der Waals surface area contributed by atoms with E-state index in [9.17, 15) is 14.4 Å². The molecule has 0 spiro atoms. The molecule has 0 saturated carbocycles. The Bertz CT molecular complexity index is 909. The van der Waals surface area contributed by atoms with Crippen LogP contribution in [0.2, 0.25) is 0 Å². The van der Waals surface area contributed by atoms with Crippen LogP contribution in [0.15, 0.2) is 48.5 Å². The number of ether oxygens (including phenoxy) is 2. The van der Waals surface area contributed by atoms with Crippen LogP contribution in [0.5, 0.6) is 5.75 Å². The molecule has 2 aromatic carbocycles. The number of morpholine rings is 1. The quantitative estimate of drug-likeness (QED) is 0.566. The molecule has 31 heavy (non-hydrogen) atoms. The largest absolute Gasteiger partial charge is 0.497 e. The van der Waals surface area contributed by atoms with Gasteiger partial charge in [0.05, 0.1) is 26.4 Å². The number of carbonyl (C=O) groups is 3. The van der Waals surface area contributed by atoms with E-state index in [1.165, 1.54) is 24.3 Å². The summed E-state index contributed by atoms with van der Waals surface area (Å²) in [6.07, 6.45) is 0. The van der Waals surface area contributed by atoms with E-state index in [1.54, 1.807) is 7.11 Å². The molecule has 1 aliphatic rings. The van der Waals surface area contributed by atoms with Crippen molar-refractivity contribution in [1.29, 1.82) is 0 Å². The average Bonchev–Trinajstić information content (AvgIpc) is 2.80. The first-order valence-electron chi connectivity index (χ1n) is 9.92. The Morgan fingerprint density at radius 2 is 1.68 bits per heavy atom. The van der Waals surface area contributed by atoms with Gasteiger partial charge in [0.15, 0.2) is 0 Å². The van der Waals surface area contributed by atoms with E-state index in [2.05, 4.69) is 15.5 Å². The number of anilines is 1. The smallest absolute Gasteiger partial charge is 0.313 e. The van der Waals surface area contributed by atoms with Gasteiger partial charge in [-0.05, 0) is 42.0 Å². The summed E-state index contributed by atoms with van der Waals surface area (Å²) in [7, 11) is 1.61. The molecule has 0 aliphatic carbocycles. The normalized spacial score (nSPS) is 15.0. The van der Waals surface area contributed by atoms with E-state index in [0.29, 0.717) is 24.5 Å². The van der Waals surface area contributed by atoms with E-state index in [4.69, 9.17) is 15.2 Å². The van der Waals surface area contributed by atoms with E-state index < -0.39 is 17.7 Å². The maximum Gasteiger partial charge on any atom is 0.313 e. The van der Waals surface area contributed by atoms with Crippen molar-refractivity contribution in [2.75, 3.05) is 45.3 Å². The maximum atomic E-state index is 12.4. The van der Waals surface area contributed by atoms with Crippen molar-refractivity contribution in [3.05, 3.63) is 59.7 Å². The van der Waals surface area contributed by atoms with Gasteiger partial charge in [0.2, 0.25) is 5.91 Å². The lowest BCUT2D eigenvalue weighted by Gasteiger charge is -2.34. The van der Waals surface area contributed by atoms with Gasteiger partial charge in [-0.1, -0.05) is 12.1 Å². The van der Waals surface area contributed by atoms with Crippen LogP contribution in [-0.4, -0.2) is 62.6 Å². The minimum Gasteiger partial charge on any atom is -0.497 e. The van der Waals surface area contributed by atoms with E-state index in [0.717, 1.165) is 24.4 Å². The van der Waals surface area contributed by atoms with Gasteiger partial charge in [-0.25, -0.2) is 0 Å². The Kier molecular flexibility index (Phi) is 7.58. The van der Waals surface area contributed by atoms with Crippen molar-refractivity contribution in [2.45, 2.75) is 6.04 Å². The minimum atomic E-state index is -0.790. The molecule has 0 aromatic heterocycles. The van der Waals surface area contributed by atoms with E-state index in [1.807, 2.05) is 24.3 Å². The second-order valence-electron chi connectivity index (χ2n) is 7.04. The van der Waals surface area contributed by atoms with Crippen LogP contribution in [0.3, 0.4) is 0 Å². The van der Waals surface area contributed by atoms with Gasteiger partial charge in [0, 0.05) is 30.9 Å². The number of amides is 3. The molecule has 3 rings (SSSR count). The molecular weight excluding hydrogens is 400 g/mol. The second-order valence-corrected chi connectivity index (χ2v) is 7.04. The Morgan fingerprint density at radius 3 is 2.26 bits per heavy atom. The molecule has 4 N–H and O–H groups in total. The number of hydrogen-bond donors (Lipinski definition) is 3. The van der Waals surface area contributed by atoms with Gasteiger partial charge in [-0.2, -0.15) is 0 Å². The predicted octanol–water partition coefficient (Wildman–Crippen LogP) is 0.922. The topological polar surface area (TPSA) is 123 Å². The molecule has 1 atom stereocenters. The van der Waals surface area contributed by atoms with Crippen LogP contribution in [0.4, 0.5) is 5.69 Å². The van der Waals surface area contributed by atoms with Crippen LogP contribution in [0.25, 0.3) is 0 Å². The van der Waals surface area contributed by atoms with Gasteiger partial charge in [-0.3, -0.25) is 19.3 Å². The number of carbonyl (C=O) groups excluding carboxylic acids is 3. The molecule has 1 saturated heterocycles. The Balaban J connectivity index is 1.63. The summed E-state index contributed by atoms with van der Waals surface area (Å²) in [5, 5.41) is 5.23. The summed E-state index contributed by atoms with van der Waals surface area (Å²) < 4.78 is 10.7. The molecule has 9 heteroatoms. The average molecular weight is 426 g/mol.